The standard InChI is InChI=1S/C22H17N5O4/c1-30-15-6-2-5-14(11-15)24-20(28)13-26-17-7-3-9-23-21(17)27-18(22(26)29)12-16(25-27)19-8-4-10-31-19/h2-12H,13H2,1H3,(H,24,28). The number of aromatic nitrogens is 4. The van der Waals surface area contributed by atoms with Gasteiger partial charge in [-0.3, -0.25) is 14.2 Å². The molecule has 1 amide bonds. The van der Waals surface area contributed by atoms with Crippen molar-refractivity contribution >= 4 is 28.3 Å². The van der Waals surface area contributed by atoms with E-state index in [1.165, 1.54) is 15.3 Å². The molecule has 4 aromatic heterocycles. The number of hydrogen-bond donors (Lipinski definition) is 1. The number of pyridine rings is 1. The molecule has 0 fully saturated rings. The molecule has 0 saturated carbocycles. The number of fused-ring (bicyclic) bond motifs is 3. The zero-order chi connectivity index (χ0) is 21.4. The van der Waals surface area contributed by atoms with Crippen molar-refractivity contribution in [2.45, 2.75) is 6.54 Å². The Kier molecular flexibility index (Phi) is 4.47. The van der Waals surface area contributed by atoms with Crippen LogP contribution in [-0.2, 0) is 11.3 Å². The Morgan fingerprint density at radius 3 is 2.84 bits per heavy atom. The first-order chi connectivity index (χ1) is 15.1. The zero-order valence-corrected chi connectivity index (χ0v) is 16.5. The van der Waals surface area contributed by atoms with E-state index >= 15 is 0 Å². The van der Waals surface area contributed by atoms with Gasteiger partial charge in [0.15, 0.2) is 11.4 Å². The predicted octanol–water partition coefficient (Wildman–Crippen LogP) is 2.95. The lowest BCUT2D eigenvalue weighted by molar-refractivity contribution is -0.116. The van der Waals surface area contributed by atoms with Crippen molar-refractivity contribution in [2.24, 2.45) is 0 Å². The number of furan rings is 1. The summed E-state index contributed by atoms with van der Waals surface area (Å²) in [4.78, 5) is 30.4. The fraction of sp³-hybridized carbons (Fsp3) is 0.0909. The second-order valence-corrected chi connectivity index (χ2v) is 6.82. The fourth-order valence-corrected chi connectivity index (χ4v) is 3.45. The van der Waals surface area contributed by atoms with Gasteiger partial charge >= 0.3 is 0 Å². The molecule has 0 atom stereocenters. The molecule has 0 radical (unpaired) electrons. The summed E-state index contributed by atoms with van der Waals surface area (Å²) < 4.78 is 13.4. The molecule has 0 saturated heterocycles. The summed E-state index contributed by atoms with van der Waals surface area (Å²) in [6.45, 7) is -0.185. The van der Waals surface area contributed by atoms with Gasteiger partial charge in [0.05, 0.1) is 18.9 Å². The quantitative estimate of drug-likeness (QED) is 0.473. The number of ether oxygens (including phenoxy) is 1. The lowest BCUT2D eigenvalue weighted by Crippen LogP contribution is -2.29. The van der Waals surface area contributed by atoms with Crippen LogP contribution in [0.4, 0.5) is 5.69 Å². The molecule has 154 valence electrons. The summed E-state index contributed by atoms with van der Waals surface area (Å²) in [6.07, 6.45) is 3.15. The van der Waals surface area contributed by atoms with E-state index in [2.05, 4.69) is 15.4 Å². The van der Waals surface area contributed by atoms with E-state index in [1.54, 1.807) is 67.9 Å². The highest BCUT2D eigenvalue weighted by atomic mass is 16.5. The Labute approximate surface area is 175 Å². The third kappa shape index (κ3) is 3.31. The van der Waals surface area contributed by atoms with Crippen LogP contribution in [0.25, 0.3) is 28.1 Å². The Hall–Kier alpha value is -4.40. The molecule has 5 aromatic rings. The van der Waals surface area contributed by atoms with Crippen LogP contribution in [0.1, 0.15) is 0 Å². The average Bonchev–Trinajstić information content (AvgIpc) is 3.47. The number of carbonyl (C=O) groups excluding carboxylic acids is 1. The van der Waals surface area contributed by atoms with Crippen molar-refractivity contribution in [3.05, 3.63) is 77.4 Å². The zero-order valence-electron chi connectivity index (χ0n) is 16.5. The summed E-state index contributed by atoms with van der Waals surface area (Å²) in [7, 11) is 1.55. The smallest absolute Gasteiger partial charge is 0.277 e. The van der Waals surface area contributed by atoms with E-state index in [1.807, 2.05) is 0 Å². The van der Waals surface area contributed by atoms with Gasteiger partial charge < -0.3 is 14.5 Å². The van der Waals surface area contributed by atoms with E-state index in [0.717, 1.165) is 0 Å². The molecule has 1 N–H and O–H groups in total. The highest BCUT2D eigenvalue weighted by Crippen LogP contribution is 2.21. The molecule has 9 nitrogen and oxygen atoms in total. The van der Waals surface area contributed by atoms with Crippen molar-refractivity contribution in [2.75, 3.05) is 12.4 Å². The third-order valence-electron chi connectivity index (χ3n) is 4.86. The summed E-state index contributed by atoms with van der Waals surface area (Å²) >= 11 is 0. The largest absolute Gasteiger partial charge is 0.497 e. The molecule has 1 aromatic carbocycles. The number of rotatable bonds is 5. The van der Waals surface area contributed by atoms with Gasteiger partial charge in [0.25, 0.3) is 5.56 Å². The second-order valence-electron chi connectivity index (χ2n) is 6.82. The predicted molar refractivity (Wildman–Crippen MR) is 114 cm³/mol. The summed E-state index contributed by atoms with van der Waals surface area (Å²) in [6, 6.07) is 15.6. The van der Waals surface area contributed by atoms with Crippen LogP contribution in [0.15, 0.2) is 76.3 Å². The van der Waals surface area contributed by atoms with Crippen LogP contribution < -0.4 is 15.6 Å². The second kappa shape index (κ2) is 7.45. The lowest BCUT2D eigenvalue weighted by atomic mass is 10.3. The van der Waals surface area contributed by atoms with Gasteiger partial charge in [-0.1, -0.05) is 6.07 Å². The molecule has 0 aliphatic carbocycles. The molecule has 9 heteroatoms. The minimum atomic E-state index is -0.355. The molecular weight excluding hydrogens is 398 g/mol. The summed E-state index contributed by atoms with van der Waals surface area (Å²) in [5, 5.41) is 7.28. The summed E-state index contributed by atoms with van der Waals surface area (Å²) in [5.41, 5.74) is 1.98. The molecule has 0 aliphatic heterocycles. The number of amides is 1. The van der Waals surface area contributed by atoms with Gasteiger partial charge in [0.1, 0.15) is 23.5 Å². The van der Waals surface area contributed by atoms with Gasteiger partial charge in [-0.15, -0.1) is 0 Å². The normalized spacial score (nSPS) is 11.1. The van der Waals surface area contributed by atoms with Gasteiger partial charge in [-0.05, 0) is 36.4 Å². The highest BCUT2D eigenvalue weighted by molar-refractivity contribution is 5.91. The average molecular weight is 415 g/mol. The Morgan fingerprint density at radius 1 is 1.13 bits per heavy atom. The number of anilines is 1. The van der Waals surface area contributed by atoms with Crippen LogP contribution in [0.3, 0.4) is 0 Å². The molecule has 0 aliphatic rings. The van der Waals surface area contributed by atoms with E-state index < -0.39 is 0 Å². The Balaban J connectivity index is 1.58. The molecule has 0 spiro atoms. The number of hydrogen-bond acceptors (Lipinski definition) is 6. The number of benzene rings is 1. The van der Waals surface area contributed by atoms with Crippen LogP contribution in [0.5, 0.6) is 5.75 Å². The van der Waals surface area contributed by atoms with Crippen molar-refractivity contribution in [1.82, 2.24) is 19.2 Å². The monoisotopic (exact) mass is 415 g/mol. The SMILES string of the molecule is COc1cccc(NC(=O)Cn2c(=O)c3cc(-c4ccco4)nn3c3ncccc32)c1. The topological polar surface area (TPSA) is 104 Å². The van der Waals surface area contributed by atoms with Crippen molar-refractivity contribution < 1.29 is 13.9 Å². The third-order valence-corrected chi connectivity index (χ3v) is 4.86. The van der Waals surface area contributed by atoms with Crippen molar-refractivity contribution in [3.8, 4) is 17.2 Å². The maximum Gasteiger partial charge on any atom is 0.277 e. The van der Waals surface area contributed by atoms with E-state index in [0.29, 0.717) is 39.6 Å². The van der Waals surface area contributed by atoms with E-state index in [-0.39, 0.29) is 18.0 Å². The molecule has 0 unspecified atom stereocenters. The number of carbonyl (C=O) groups is 1. The Bertz CT molecular complexity index is 1470. The van der Waals surface area contributed by atoms with Crippen molar-refractivity contribution in [1.29, 1.82) is 0 Å². The molecule has 4 heterocycles. The maximum absolute atomic E-state index is 13.3. The van der Waals surface area contributed by atoms with Gasteiger partial charge in [0.2, 0.25) is 5.91 Å². The molecule has 31 heavy (non-hydrogen) atoms. The first kappa shape index (κ1) is 18.6. The minimum Gasteiger partial charge on any atom is -0.497 e. The van der Waals surface area contributed by atoms with Crippen LogP contribution in [-0.4, -0.2) is 32.2 Å². The van der Waals surface area contributed by atoms with Crippen LogP contribution in [0.2, 0.25) is 0 Å². The number of methoxy groups -OCH3 is 1. The van der Waals surface area contributed by atoms with Crippen LogP contribution in [0, 0.1) is 0 Å². The minimum absolute atomic E-state index is 0.185. The first-order valence-electron chi connectivity index (χ1n) is 9.49. The van der Waals surface area contributed by atoms with Crippen molar-refractivity contribution in [3.63, 3.8) is 0 Å². The first-order valence-corrected chi connectivity index (χ1v) is 9.49. The van der Waals surface area contributed by atoms with Gasteiger partial charge in [-0.2, -0.15) is 5.10 Å². The fourth-order valence-electron chi connectivity index (χ4n) is 3.45. The number of nitrogens with zero attached hydrogens (tertiary/aromatic N) is 4. The molecular formula is C22H17N5O4. The van der Waals surface area contributed by atoms with Gasteiger partial charge in [-0.25, -0.2) is 9.50 Å². The van der Waals surface area contributed by atoms with Gasteiger partial charge in [0, 0.05) is 24.0 Å². The molecule has 0 bridgehead atoms. The van der Waals surface area contributed by atoms with Crippen LogP contribution >= 0.6 is 0 Å². The maximum atomic E-state index is 13.3. The molecule has 5 rings (SSSR count). The Morgan fingerprint density at radius 2 is 2.03 bits per heavy atom. The van der Waals surface area contributed by atoms with E-state index in [9.17, 15) is 9.59 Å². The highest BCUT2D eigenvalue weighted by Gasteiger charge is 2.18. The lowest BCUT2D eigenvalue weighted by Gasteiger charge is -2.12. The number of nitrogens with one attached hydrogen (secondary N) is 1. The summed E-state index contributed by atoms with van der Waals surface area (Å²) in [5.74, 6) is 0.806. The van der Waals surface area contributed by atoms with E-state index in [4.69, 9.17) is 9.15 Å².